The van der Waals surface area contributed by atoms with E-state index in [2.05, 4.69) is 15.6 Å². The van der Waals surface area contributed by atoms with Crippen LogP contribution in [0.15, 0.2) is 29.3 Å². The molecule has 4 aliphatic carbocycles. The predicted molar refractivity (Wildman–Crippen MR) is 108 cm³/mol. The first-order chi connectivity index (χ1) is 14.4. The highest BCUT2D eigenvalue weighted by molar-refractivity contribution is 5.94. The number of nitrogens with one attached hydrogen (secondary N) is 2. The van der Waals surface area contributed by atoms with Gasteiger partial charge in [0.05, 0.1) is 17.2 Å². The van der Waals surface area contributed by atoms with Crippen molar-refractivity contribution < 1.29 is 14.0 Å². The molecule has 158 valence electrons. The van der Waals surface area contributed by atoms with Crippen LogP contribution in [-0.4, -0.2) is 27.0 Å². The number of imide groups is 1. The number of urea groups is 1. The molecule has 1 heterocycles. The minimum absolute atomic E-state index is 0.0252. The van der Waals surface area contributed by atoms with Crippen molar-refractivity contribution in [2.45, 2.75) is 57.0 Å². The SMILES string of the molecule is O=C(CCn1cnc2cc(F)ccc2c1=O)NC(=O)NC12CC3CC(CC(C3)C1)C2. The van der Waals surface area contributed by atoms with Gasteiger partial charge in [0, 0.05) is 24.6 Å². The van der Waals surface area contributed by atoms with Crippen LogP contribution in [0.3, 0.4) is 0 Å². The van der Waals surface area contributed by atoms with Crippen LogP contribution < -0.4 is 16.2 Å². The fourth-order valence-electron chi connectivity index (χ4n) is 6.24. The summed E-state index contributed by atoms with van der Waals surface area (Å²) in [6.45, 7) is 0.0929. The molecule has 0 aliphatic heterocycles. The van der Waals surface area contributed by atoms with Gasteiger partial charge in [0.2, 0.25) is 5.91 Å². The van der Waals surface area contributed by atoms with E-state index < -0.39 is 17.8 Å². The van der Waals surface area contributed by atoms with E-state index in [0.717, 1.165) is 19.3 Å². The number of halogens is 1. The molecule has 0 atom stereocenters. The van der Waals surface area contributed by atoms with Crippen molar-refractivity contribution in [3.05, 3.63) is 40.7 Å². The number of hydrogen-bond donors (Lipinski definition) is 2. The Morgan fingerprint density at radius 2 is 1.80 bits per heavy atom. The molecular formula is C22H25FN4O3. The number of hydrogen-bond acceptors (Lipinski definition) is 4. The van der Waals surface area contributed by atoms with Crippen molar-refractivity contribution in [2.75, 3.05) is 0 Å². The van der Waals surface area contributed by atoms with Crippen molar-refractivity contribution in [3.63, 3.8) is 0 Å². The van der Waals surface area contributed by atoms with E-state index in [1.54, 1.807) is 0 Å². The van der Waals surface area contributed by atoms with Crippen molar-refractivity contribution in [1.82, 2.24) is 20.2 Å². The van der Waals surface area contributed by atoms with Crippen molar-refractivity contribution >= 4 is 22.8 Å². The largest absolute Gasteiger partial charge is 0.332 e. The summed E-state index contributed by atoms with van der Waals surface area (Å²) in [6.07, 6.45) is 8.15. The highest BCUT2D eigenvalue weighted by atomic mass is 19.1. The number of carbonyl (C=O) groups is 2. The number of carbonyl (C=O) groups excluding carboxylic acids is 2. The second-order valence-electron chi connectivity index (χ2n) is 9.35. The van der Waals surface area contributed by atoms with Gasteiger partial charge in [-0.05, 0) is 68.4 Å². The van der Waals surface area contributed by atoms with Crippen LogP contribution >= 0.6 is 0 Å². The van der Waals surface area contributed by atoms with Crippen LogP contribution in [0.4, 0.5) is 9.18 Å². The third-order valence-electron chi connectivity index (χ3n) is 7.04. The number of benzene rings is 1. The smallest absolute Gasteiger partial charge is 0.321 e. The lowest BCUT2D eigenvalue weighted by molar-refractivity contribution is -0.120. The van der Waals surface area contributed by atoms with E-state index in [4.69, 9.17) is 0 Å². The molecule has 0 spiro atoms. The average molecular weight is 412 g/mol. The number of aryl methyl sites for hydroxylation is 1. The molecule has 3 amide bonds. The highest BCUT2D eigenvalue weighted by Crippen LogP contribution is 2.55. The summed E-state index contributed by atoms with van der Waals surface area (Å²) >= 11 is 0. The molecule has 4 fully saturated rings. The molecule has 2 aromatic rings. The zero-order chi connectivity index (χ0) is 20.9. The maximum Gasteiger partial charge on any atom is 0.321 e. The third kappa shape index (κ3) is 3.59. The Kier molecular flexibility index (Phi) is 4.60. The summed E-state index contributed by atoms with van der Waals surface area (Å²) in [5.41, 5.74) is -0.227. The molecular weight excluding hydrogens is 387 g/mol. The number of rotatable bonds is 4. The van der Waals surface area contributed by atoms with Crippen molar-refractivity contribution in [2.24, 2.45) is 17.8 Å². The molecule has 4 aliphatic rings. The first kappa shape index (κ1) is 19.2. The van der Waals surface area contributed by atoms with Crippen LogP contribution in [0, 0.1) is 23.6 Å². The minimum atomic E-state index is -0.462. The van der Waals surface area contributed by atoms with E-state index in [1.807, 2.05) is 0 Å². The Hall–Kier alpha value is -2.77. The Morgan fingerprint density at radius 3 is 2.47 bits per heavy atom. The summed E-state index contributed by atoms with van der Waals surface area (Å²) in [5.74, 6) is 1.20. The second kappa shape index (κ2) is 7.18. The molecule has 6 rings (SSSR count). The van der Waals surface area contributed by atoms with Gasteiger partial charge < -0.3 is 5.32 Å². The van der Waals surface area contributed by atoms with Gasteiger partial charge in [-0.1, -0.05) is 0 Å². The van der Waals surface area contributed by atoms with E-state index >= 15 is 0 Å². The van der Waals surface area contributed by atoms with Crippen LogP contribution in [0.25, 0.3) is 10.9 Å². The summed E-state index contributed by atoms with van der Waals surface area (Å²) in [4.78, 5) is 41.3. The molecule has 2 N–H and O–H groups in total. The molecule has 8 heteroatoms. The van der Waals surface area contributed by atoms with Gasteiger partial charge in [-0.3, -0.25) is 19.5 Å². The average Bonchev–Trinajstić information content (AvgIpc) is 2.65. The Labute approximate surface area is 173 Å². The highest BCUT2D eigenvalue weighted by Gasteiger charge is 2.51. The molecule has 0 saturated heterocycles. The molecule has 7 nitrogen and oxygen atoms in total. The van der Waals surface area contributed by atoms with E-state index in [-0.39, 0.29) is 29.6 Å². The Balaban J connectivity index is 1.18. The third-order valence-corrected chi connectivity index (χ3v) is 7.04. The van der Waals surface area contributed by atoms with Gasteiger partial charge in [0.1, 0.15) is 5.82 Å². The molecule has 1 aromatic heterocycles. The van der Waals surface area contributed by atoms with Crippen LogP contribution in [0.1, 0.15) is 44.9 Å². The lowest BCUT2D eigenvalue weighted by Gasteiger charge is -2.56. The monoisotopic (exact) mass is 412 g/mol. The zero-order valence-electron chi connectivity index (χ0n) is 16.7. The number of nitrogens with zero attached hydrogens (tertiary/aromatic N) is 2. The van der Waals surface area contributed by atoms with Crippen molar-refractivity contribution in [1.29, 1.82) is 0 Å². The van der Waals surface area contributed by atoms with Gasteiger partial charge >= 0.3 is 6.03 Å². The van der Waals surface area contributed by atoms with E-state index in [0.29, 0.717) is 23.1 Å². The van der Waals surface area contributed by atoms with Gasteiger partial charge in [-0.2, -0.15) is 0 Å². The summed E-state index contributed by atoms with van der Waals surface area (Å²) in [5, 5.41) is 5.81. The minimum Gasteiger partial charge on any atom is -0.332 e. The topological polar surface area (TPSA) is 93.1 Å². The van der Waals surface area contributed by atoms with Crippen LogP contribution in [-0.2, 0) is 11.3 Å². The molecule has 4 saturated carbocycles. The molecule has 1 aromatic carbocycles. The van der Waals surface area contributed by atoms with Crippen LogP contribution in [0.5, 0.6) is 0 Å². The lowest BCUT2D eigenvalue weighted by atomic mass is 9.53. The van der Waals surface area contributed by atoms with Gasteiger partial charge in [0.25, 0.3) is 5.56 Å². The predicted octanol–water partition coefficient (Wildman–Crippen LogP) is 2.72. The second-order valence-corrected chi connectivity index (χ2v) is 9.35. The first-order valence-electron chi connectivity index (χ1n) is 10.7. The maximum atomic E-state index is 13.3. The molecule has 0 unspecified atom stereocenters. The normalized spacial score (nSPS) is 29.2. The number of fused-ring (bicyclic) bond motifs is 1. The van der Waals surface area contributed by atoms with Gasteiger partial charge in [-0.15, -0.1) is 0 Å². The van der Waals surface area contributed by atoms with Gasteiger partial charge in [-0.25, -0.2) is 14.2 Å². The van der Waals surface area contributed by atoms with Crippen LogP contribution in [0.2, 0.25) is 0 Å². The standard InChI is InChI=1S/C22H25FN4O3/c23-16-1-2-17-18(8-16)24-12-27(20(17)29)4-3-19(28)25-21(30)26-22-9-13-5-14(10-22)7-15(6-13)11-22/h1-2,8,12-15H,3-7,9-11H2,(H2,25,26,28,30). The number of aromatic nitrogens is 2. The summed E-state index contributed by atoms with van der Waals surface area (Å²) < 4.78 is 14.6. The van der Waals surface area contributed by atoms with Crippen molar-refractivity contribution in [3.8, 4) is 0 Å². The molecule has 30 heavy (non-hydrogen) atoms. The van der Waals surface area contributed by atoms with Gasteiger partial charge in [0.15, 0.2) is 0 Å². The Bertz CT molecular complexity index is 1040. The molecule has 0 radical (unpaired) electrons. The quantitative estimate of drug-likeness (QED) is 0.808. The van der Waals surface area contributed by atoms with E-state index in [1.165, 1.54) is 48.4 Å². The lowest BCUT2D eigenvalue weighted by Crippen LogP contribution is -2.61. The Morgan fingerprint density at radius 1 is 1.13 bits per heavy atom. The molecule has 4 bridgehead atoms. The first-order valence-corrected chi connectivity index (χ1v) is 10.7. The summed E-state index contributed by atoms with van der Waals surface area (Å²) in [6, 6.07) is 3.34. The summed E-state index contributed by atoms with van der Waals surface area (Å²) in [7, 11) is 0. The maximum absolute atomic E-state index is 13.3. The van der Waals surface area contributed by atoms with E-state index in [9.17, 15) is 18.8 Å². The number of amides is 3. The fraction of sp³-hybridized carbons (Fsp3) is 0.545. The fourth-order valence-corrected chi connectivity index (χ4v) is 6.24. The zero-order valence-corrected chi connectivity index (χ0v) is 16.7.